The molecule has 1 aromatic heterocycles. The van der Waals surface area contributed by atoms with Crippen LogP contribution in [0.2, 0.25) is 0 Å². The van der Waals surface area contributed by atoms with Crippen LogP contribution in [0.1, 0.15) is 5.56 Å². The number of nitrogens with zero attached hydrogens (tertiary/aromatic N) is 1. The topological polar surface area (TPSA) is 38.9 Å². The number of rotatable bonds is 3. The molecule has 0 saturated heterocycles. The second-order valence-corrected chi connectivity index (χ2v) is 5.56. The van der Waals surface area contributed by atoms with Crippen LogP contribution in [0.15, 0.2) is 58.5 Å². The quantitative estimate of drug-likeness (QED) is 0.791. The molecule has 2 nitrogen and oxygen atoms in total. The largest absolute Gasteiger partial charge is 0.326 e. The number of nitrogens with two attached hydrogens (primary N) is 1. The maximum atomic E-state index is 13.8. The summed E-state index contributed by atoms with van der Waals surface area (Å²) >= 11 is 1.09. The van der Waals surface area contributed by atoms with Gasteiger partial charge in [0, 0.05) is 11.9 Å². The molecular weight excluding hydrogens is 290 g/mol. The summed E-state index contributed by atoms with van der Waals surface area (Å²) in [7, 11) is 0. The molecule has 1 heterocycles. The van der Waals surface area contributed by atoms with Gasteiger partial charge in [0.05, 0.1) is 10.4 Å². The van der Waals surface area contributed by atoms with Crippen LogP contribution < -0.4 is 5.73 Å². The van der Waals surface area contributed by atoms with Crippen LogP contribution in [-0.4, -0.2) is 4.98 Å². The van der Waals surface area contributed by atoms with E-state index in [1.807, 2.05) is 30.3 Å². The van der Waals surface area contributed by atoms with E-state index in [1.165, 1.54) is 0 Å². The zero-order valence-electron chi connectivity index (χ0n) is 11.0. The van der Waals surface area contributed by atoms with Crippen LogP contribution in [0.5, 0.6) is 0 Å². The van der Waals surface area contributed by atoms with Gasteiger partial charge in [-0.25, -0.2) is 13.8 Å². The van der Waals surface area contributed by atoms with E-state index in [0.29, 0.717) is 5.03 Å². The maximum Gasteiger partial charge on any atom is 0.137 e. The summed E-state index contributed by atoms with van der Waals surface area (Å²) in [5.74, 6) is -0.951. The Morgan fingerprint density at radius 2 is 1.86 bits per heavy atom. The molecule has 0 atom stereocenters. The van der Waals surface area contributed by atoms with Crippen molar-refractivity contribution in [2.75, 3.05) is 0 Å². The van der Waals surface area contributed by atoms with E-state index >= 15 is 0 Å². The van der Waals surface area contributed by atoms with Gasteiger partial charge in [-0.3, -0.25) is 0 Å². The monoisotopic (exact) mass is 302 g/mol. The van der Waals surface area contributed by atoms with Crippen molar-refractivity contribution in [1.29, 1.82) is 0 Å². The van der Waals surface area contributed by atoms with Crippen LogP contribution in [0.25, 0.3) is 10.9 Å². The Bertz CT molecular complexity index is 805. The third-order valence-electron chi connectivity index (χ3n) is 3.08. The van der Waals surface area contributed by atoms with Gasteiger partial charge < -0.3 is 5.73 Å². The molecule has 21 heavy (non-hydrogen) atoms. The van der Waals surface area contributed by atoms with E-state index < -0.39 is 11.6 Å². The van der Waals surface area contributed by atoms with Gasteiger partial charge in [0.2, 0.25) is 0 Å². The second kappa shape index (κ2) is 5.79. The Balaban J connectivity index is 2.08. The van der Waals surface area contributed by atoms with Crippen molar-refractivity contribution >= 4 is 22.7 Å². The molecule has 5 heteroatoms. The first-order valence-corrected chi connectivity index (χ1v) is 7.20. The van der Waals surface area contributed by atoms with E-state index in [4.69, 9.17) is 5.73 Å². The normalized spacial score (nSPS) is 11.0. The van der Waals surface area contributed by atoms with Crippen LogP contribution in [0.4, 0.5) is 8.78 Å². The molecule has 106 valence electrons. The number of hydrogen-bond acceptors (Lipinski definition) is 3. The summed E-state index contributed by atoms with van der Waals surface area (Å²) in [6, 6.07) is 12.9. The zero-order chi connectivity index (χ0) is 14.8. The highest BCUT2D eigenvalue weighted by atomic mass is 32.2. The molecule has 0 saturated carbocycles. The predicted molar refractivity (Wildman–Crippen MR) is 80.1 cm³/mol. The number of para-hydroxylation sites is 1. The van der Waals surface area contributed by atoms with E-state index in [-0.39, 0.29) is 11.4 Å². The lowest BCUT2D eigenvalue weighted by Crippen LogP contribution is -2.01. The van der Waals surface area contributed by atoms with Crippen molar-refractivity contribution in [3.05, 3.63) is 65.7 Å². The van der Waals surface area contributed by atoms with E-state index in [1.54, 1.807) is 0 Å². The molecular formula is C16H12F2N2S. The SMILES string of the molecule is NCc1cc2ccccc2nc1Sc1cc(F)ccc1F. The smallest absolute Gasteiger partial charge is 0.137 e. The summed E-state index contributed by atoms with van der Waals surface area (Å²) in [5.41, 5.74) is 7.35. The molecule has 3 aromatic rings. The predicted octanol–water partition coefficient (Wildman–Crippen LogP) is 4.12. The average Bonchev–Trinajstić information content (AvgIpc) is 2.50. The van der Waals surface area contributed by atoms with Crippen LogP contribution in [-0.2, 0) is 6.54 Å². The fourth-order valence-electron chi connectivity index (χ4n) is 2.04. The van der Waals surface area contributed by atoms with Crippen molar-refractivity contribution in [3.63, 3.8) is 0 Å². The Labute approximate surface area is 125 Å². The van der Waals surface area contributed by atoms with Crippen molar-refractivity contribution < 1.29 is 8.78 Å². The first-order chi connectivity index (χ1) is 10.2. The Hall–Kier alpha value is -1.98. The summed E-state index contributed by atoms with van der Waals surface area (Å²) < 4.78 is 27.0. The zero-order valence-corrected chi connectivity index (χ0v) is 11.8. The molecule has 2 N–H and O–H groups in total. The van der Waals surface area contributed by atoms with Crippen LogP contribution >= 0.6 is 11.8 Å². The molecule has 0 aliphatic heterocycles. The van der Waals surface area contributed by atoms with Crippen molar-refractivity contribution in [3.8, 4) is 0 Å². The molecule has 3 rings (SSSR count). The van der Waals surface area contributed by atoms with Gasteiger partial charge in [-0.2, -0.15) is 0 Å². The first-order valence-electron chi connectivity index (χ1n) is 6.39. The number of fused-ring (bicyclic) bond motifs is 1. The standard InChI is InChI=1S/C16H12F2N2S/c17-12-5-6-13(18)15(8-12)21-16-11(9-19)7-10-3-1-2-4-14(10)20-16/h1-8H,9,19H2. The number of aromatic nitrogens is 1. The lowest BCUT2D eigenvalue weighted by molar-refractivity contribution is 0.577. The molecule has 0 spiro atoms. The summed E-state index contributed by atoms with van der Waals surface area (Å²) in [4.78, 5) is 4.71. The fraction of sp³-hybridized carbons (Fsp3) is 0.0625. The van der Waals surface area contributed by atoms with Gasteiger partial charge in [-0.1, -0.05) is 30.0 Å². The van der Waals surface area contributed by atoms with Crippen molar-refractivity contribution in [2.45, 2.75) is 16.5 Å². The minimum atomic E-state index is -0.478. The molecule has 2 aromatic carbocycles. The molecule has 0 radical (unpaired) electrons. The molecule has 0 unspecified atom stereocenters. The summed E-state index contributed by atoms with van der Waals surface area (Å²) in [6.45, 7) is 0.289. The molecule has 0 fully saturated rings. The van der Waals surface area contributed by atoms with Gasteiger partial charge >= 0.3 is 0 Å². The first kappa shape index (κ1) is 14.0. The third-order valence-corrected chi connectivity index (χ3v) is 4.16. The number of benzene rings is 2. The highest BCUT2D eigenvalue weighted by Gasteiger charge is 2.11. The Morgan fingerprint density at radius 3 is 2.67 bits per heavy atom. The molecule has 0 bridgehead atoms. The third kappa shape index (κ3) is 2.89. The highest BCUT2D eigenvalue weighted by Crippen LogP contribution is 2.32. The minimum Gasteiger partial charge on any atom is -0.326 e. The molecule has 0 aliphatic rings. The fourth-order valence-corrected chi connectivity index (χ4v) is 3.00. The van der Waals surface area contributed by atoms with Gasteiger partial charge in [0.25, 0.3) is 0 Å². The lowest BCUT2D eigenvalue weighted by Gasteiger charge is -2.09. The highest BCUT2D eigenvalue weighted by molar-refractivity contribution is 7.99. The molecule has 0 amide bonds. The maximum absolute atomic E-state index is 13.8. The van der Waals surface area contributed by atoms with Gasteiger partial charge in [-0.15, -0.1) is 0 Å². The van der Waals surface area contributed by atoms with Crippen LogP contribution in [0.3, 0.4) is 0 Å². The van der Waals surface area contributed by atoms with Gasteiger partial charge in [-0.05, 0) is 35.9 Å². The second-order valence-electron chi connectivity index (χ2n) is 4.53. The summed E-state index contributed by atoms with van der Waals surface area (Å²) in [5, 5.41) is 1.57. The van der Waals surface area contributed by atoms with E-state index in [9.17, 15) is 8.78 Å². The molecule has 0 aliphatic carbocycles. The van der Waals surface area contributed by atoms with E-state index in [2.05, 4.69) is 4.98 Å². The van der Waals surface area contributed by atoms with Crippen LogP contribution in [0, 0.1) is 11.6 Å². The van der Waals surface area contributed by atoms with Crippen molar-refractivity contribution in [1.82, 2.24) is 4.98 Å². The average molecular weight is 302 g/mol. The number of hydrogen-bond donors (Lipinski definition) is 1. The number of halogens is 2. The summed E-state index contributed by atoms with van der Waals surface area (Å²) in [6.07, 6.45) is 0. The Morgan fingerprint density at radius 1 is 1.05 bits per heavy atom. The van der Waals surface area contributed by atoms with Gasteiger partial charge in [0.15, 0.2) is 0 Å². The van der Waals surface area contributed by atoms with Crippen molar-refractivity contribution in [2.24, 2.45) is 5.73 Å². The van der Waals surface area contributed by atoms with Gasteiger partial charge in [0.1, 0.15) is 16.7 Å². The number of pyridine rings is 1. The lowest BCUT2D eigenvalue weighted by atomic mass is 10.1. The van der Waals surface area contributed by atoms with E-state index in [0.717, 1.165) is 46.4 Å². The minimum absolute atomic E-state index is 0.201. The Kier molecular flexibility index (Phi) is 3.86.